The predicted octanol–water partition coefficient (Wildman–Crippen LogP) is 4.76. The summed E-state index contributed by atoms with van der Waals surface area (Å²) < 4.78 is 5.92. The number of ether oxygens (including phenoxy) is 1. The zero-order chi connectivity index (χ0) is 16.2. The molecule has 0 saturated carbocycles. The SMILES string of the molecule is c1cc(C2CCN(Cc3ccc(C4CCCCO4)s3)CC2)ccn1. The molecule has 1 unspecified atom stereocenters. The quantitative estimate of drug-likeness (QED) is 0.801. The molecule has 2 saturated heterocycles. The normalized spacial score (nSPS) is 23.4. The van der Waals surface area contributed by atoms with Gasteiger partial charge in [0.1, 0.15) is 0 Å². The molecule has 0 radical (unpaired) electrons. The summed E-state index contributed by atoms with van der Waals surface area (Å²) in [4.78, 5) is 9.65. The van der Waals surface area contributed by atoms with Crippen molar-refractivity contribution in [2.45, 2.75) is 50.7 Å². The predicted molar refractivity (Wildman–Crippen MR) is 98.4 cm³/mol. The van der Waals surface area contributed by atoms with Gasteiger partial charge in [0.05, 0.1) is 6.10 Å². The van der Waals surface area contributed by atoms with Gasteiger partial charge in [-0.1, -0.05) is 0 Å². The van der Waals surface area contributed by atoms with Gasteiger partial charge in [0, 0.05) is 35.3 Å². The Balaban J connectivity index is 1.30. The summed E-state index contributed by atoms with van der Waals surface area (Å²) in [6.07, 6.45) is 10.4. The van der Waals surface area contributed by atoms with E-state index >= 15 is 0 Å². The maximum atomic E-state index is 5.92. The molecule has 0 amide bonds. The van der Waals surface area contributed by atoms with E-state index in [1.165, 1.54) is 60.5 Å². The maximum absolute atomic E-state index is 5.92. The van der Waals surface area contributed by atoms with Crippen LogP contribution in [0.3, 0.4) is 0 Å². The van der Waals surface area contributed by atoms with E-state index in [1.807, 2.05) is 23.7 Å². The molecule has 0 bridgehead atoms. The van der Waals surface area contributed by atoms with Gasteiger partial charge in [-0.05, 0) is 80.9 Å². The van der Waals surface area contributed by atoms with E-state index in [4.69, 9.17) is 4.74 Å². The second-order valence-corrected chi connectivity index (χ2v) is 8.19. The van der Waals surface area contributed by atoms with E-state index in [9.17, 15) is 0 Å². The van der Waals surface area contributed by atoms with Gasteiger partial charge in [-0.15, -0.1) is 11.3 Å². The first-order valence-electron chi connectivity index (χ1n) is 9.21. The van der Waals surface area contributed by atoms with Crippen LogP contribution >= 0.6 is 11.3 Å². The van der Waals surface area contributed by atoms with E-state index in [2.05, 4.69) is 34.1 Å². The number of likely N-dealkylation sites (tertiary alicyclic amines) is 1. The summed E-state index contributed by atoms with van der Waals surface area (Å²) in [6.45, 7) is 4.42. The molecule has 0 aromatic carbocycles. The van der Waals surface area contributed by atoms with E-state index < -0.39 is 0 Å². The van der Waals surface area contributed by atoms with Crippen LogP contribution in [0.2, 0.25) is 0 Å². The minimum atomic E-state index is 0.356. The Labute approximate surface area is 148 Å². The topological polar surface area (TPSA) is 25.4 Å². The Bertz CT molecular complexity index is 628. The van der Waals surface area contributed by atoms with Crippen molar-refractivity contribution in [3.63, 3.8) is 0 Å². The molecular formula is C20H26N2OS. The molecular weight excluding hydrogens is 316 g/mol. The fourth-order valence-electron chi connectivity index (χ4n) is 3.90. The van der Waals surface area contributed by atoms with Gasteiger partial charge in [-0.2, -0.15) is 0 Å². The average molecular weight is 343 g/mol. The molecule has 4 rings (SSSR count). The highest BCUT2D eigenvalue weighted by atomic mass is 32.1. The summed E-state index contributed by atoms with van der Waals surface area (Å²) in [7, 11) is 0. The number of piperidine rings is 1. The van der Waals surface area contributed by atoms with Crippen molar-refractivity contribution < 1.29 is 4.74 Å². The molecule has 0 spiro atoms. The molecule has 2 aromatic rings. The van der Waals surface area contributed by atoms with Crippen molar-refractivity contribution in [1.82, 2.24) is 9.88 Å². The monoisotopic (exact) mass is 342 g/mol. The Morgan fingerprint density at radius 2 is 1.88 bits per heavy atom. The van der Waals surface area contributed by atoms with Crippen LogP contribution < -0.4 is 0 Å². The summed E-state index contributed by atoms with van der Waals surface area (Å²) in [5, 5.41) is 0. The number of thiophene rings is 1. The minimum absolute atomic E-state index is 0.356. The van der Waals surface area contributed by atoms with Crippen molar-refractivity contribution >= 4 is 11.3 Å². The van der Waals surface area contributed by atoms with Crippen molar-refractivity contribution in [3.05, 3.63) is 52.0 Å². The largest absolute Gasteiger partial charge is 0.373 e. The molecule has 2 aromatic heterocycles. The van der Waals surface area contributed by atoms with Gasteiger partial charge in [-0.3, -0.25) is 9.88 Å². The van der Waals surface area contributed by atoms with Gasteiger partial charge >= 0.3 is 0 Å². The van der Waals surface area contributed by atoms with E-state index in [1.54, 1.807) is 0 Å². The van der Waals surface area contributed by atoms with Gasteiger partial charge in [0.2, 0.25) is 0 Å². The molecule has 0 aliphatic carbocycles. The third-order valence-corrected chi connectivity index (χ3v) is 6.49. The minimum Gasteiger partial charge on any atom is -0.373 e. The average Bonchev–Trinajstić information content (AvgIpc) is 3.12. The fraction of sp³-hybridized carbons (Fsp3) is 0.550. The first-order valence-corrected chi connectivity index (χ1v) is 10.0. The lowest BCUT2D eigenvalue weighted by Crippen LogP contribution is -2.32. The third-order valence-electron chi connectivity index (χ3n) is 5.32. The molecule has 2 aliphatic heterocycles. The number of aromatic nitrogens is 1. The summed E-state index contributed by atoms with van der Waals surface area (Å²) in [5.41, 5.74) is 1.46. The number of pyridine rings is 1. The first kappa shape index (κ1) is 16.2. The Morgan fingerprint density at radius 3 is 2.62 bits per heavy atom. The lowest BCUT2D eigenvalue weighted by atomic mass is 9.90. The number of rotatable bonds is 4. The van der Waals surface area contributed by atoms with Crippen LogP contribution in [0.25, 0.3) is 0 Å². The molecule has 4 heteroatoms. The zero-order valence-corrected chi connectivity index (χ0v) is 15.0. The van der Waals surface area contributed by atoms with Crippen molar-refractivity contribution in [2.24, 2.45) is 0 Å². The maximum Gasteiger partial charge on any atom is 0.0916 e. The van der Waals surface area contributed by atoms with Crippen LogP contribution in [0.5, 0.6) is 0 Å². The standard InChI is InChI=1S/C20H26N2OS/c1-2-14-23-19(3-1)20-5-4-18(24-20)15-22-12-8-17(9-13-22)16-6-10-21-11-7-16/h4-7,10-11,17,19H,1-3,8-9,12-15H2. The highest BCUT2D eigenvalue weighted by Gasteiger charge is 2.22. The Morgan fingerprint density at radius 1 is 1.04 bits per heavy atom. The van der Waals surface area contributed by atoms with Crippen LogP contribution in [0, 0.1) is 0 Å². The van der Waals surface area contributed by atoms with Crippen LogP contribution in [0.15, 0.2) is 36.7 Å². The lowest BCUT2D eigenvalue weighted by molar-refractivity contribution is 0.0172. The Kier molecular flexibility index (Phi) is 5.26. The molecule has 4 heterocycles. The second kappa shape index (κ2) is 7.77. The van der Waals surface area contributed by atoms with Gasteiger partial charge < -0.3 is 4.74 Å². The number of hydrogen-bond acceptors (Lipinski definition) is 4. The van der Waals surface area contributed by atoms with Crippen molar-refractivity contribution in [1.29, 1.82) is 0 Å². The molecule has 128 valence electrons. The van der Waals surface area contributed by atoms with Crippen LogP contribution in [0.4, 0.5) is 0 Å². The molecule has 0 N–H and O–H groups in total. The van der Waals surface area contributed by atoms with Crippen molar-refractivity contribution in [2.75, 3.05) is 19.7 Å². The lowest BCUT2D eigenvalue weighted by Gasteiger charge is -2.31. The number of hydrogen-bond donors (Lipinski definition) is 0. The molecule has 2 fully saturated rings. The summed E-state index contributed by atoms with van der Waals surface area (Å²) in [6, 6.07) is 8.96. The molecule has 24 heavy (non-hydrogen) atoms. The highest BCUT2D eigenvalue weighted by molar-refractivity contribution is 7.12. The van der Waals surface area contributed by atoms with Crippen molar-refractivity contribution in [3.8, 4) is 0 Å². The van der Waals surface area contributed by atoms with E-state index in [-0.39, 0.29) is 0 Å². The van der Waals surface area contributed by atoms with Crippen LogP contribution in [-0.2, 0) is 11.3 Å². The number of nitrogens with zero attached hydrogens (tertiary/aromatic N) is 2. The van der Waals surface area contributed by atoms with E-state index in [0.29, 0.717) is 12.0 Å². The summed E-state index contributed by atoms with van der Waals surface area (Å²) >= 11 is 1.96. The molecule has 3 nitrogen and oxygen atoms in total. The molecule has 2 aliphatic rings. The zero-order valence-electron chi connectivity index (χ0n) is 14.2. The summed E-state index contributed by atoms with van der Waals surface area (Å²) in [5.74, 6) is 0.707. The fourth-order valence-corrected chi connectivity index (χ4v) is 5.04. The second-order valence-electron chi connectivity index (χ2n) is 6.99. The van der Waals surface area contributed by atoms with Gasteiger partial charge in [0.25, 0.3) is 0 Å². The Hall–Kier alpha value is -1.23. The van der Waals surface area contributed by atoms with Crippen LogP contribution in [0.1, 0.15) is 59.4 Å². The van der Waals surface area contributed by atoms with Crippen LogP contribution in [-0.4, -0.2) is 29.6 Å². The first-order chi connectivity index (χ1) is 11.9. The van der Waals surface area contributed by atoms with Gasteiger partial charge in [0.15, 0.2) is 0 Å². The van der Waals surface area contributed by atoms with E-state index in [0.717, 1.165) is 13.2 Å². The third kappa shape index (κ3) is 3.88. The molecule has 1 atom stereocenters. The highest BCUT2D eigenvalue weighted by Crippen LogP contribution is 2.34. The van der Waals surface area contributed by atoms with Gasteiger partial charge in [-0.25, -0.2) is 0 Å². The smallest absolute Gasteiger partial charge is 0.0916 e.